The van der Waals surface area contributed by atoms with Gasteiger partial charge in [-0.1, -0.05) is 18.2 Å². The number of pyridine rings is 1. The number of benzene rings is 1. The number of rotatable bonds is 5. The Balaban J connectivity index is 1.55. The third kappa shape index (κ3) is 3.51. The van der Waals surface area contributed by atoms with Gasteiger partial charge in [-0.2, -0.15) is 0 Å². The van der Waals surface area contributed by atoms with Gasteiger partial charge in [0.15, 0.2) is 0 Å². The number of amides is 1. The topological polar surface area (TPSA) is 66.9 Å². The Kier molecular flexibility index (Phi) is 4.28. The van der Waals surface area contributed by atoms with Crippen molar-refractivity contribution < 1.29 is 4.79 Å². The molecule has 0 aliphatic carbocycles. The van der Waals surface area contributed by atoms with E-state index < -0.39 is 0 Å². The summed E-state index contributed by atoms with van der Waals surface area (Å²) in [5, 5.41) is 4.03. The lowest BCUT2D eigenvalue weighted by Gasteiger charge is -2.06. The predicted molar refractivity (Wildman–Crippen MR) is 91.5 cm³/mol. The Morgan fingerprint density at radius 3 is 2.87 bits per heavy atom. The maximum atomic E-state index is 12.0. The van der Waals surface area contributed by atoms with Gasteiger partial charge in [-0.3, -0.25) is 9.59 Å². The molecule has 3 aromatic rings. The van der Waals surface area contributed by atoms with Crippen molar-refractivity contribution in [2.75, 3.05) is 5.32 Å². The van der Waals surface area contributed by atoms with E-state index in [2.05, 4.69) is 16.4 Å². The van der Waals surface area contributed by atoms with Crippen molar-refractivity contribution in [1.82, 2.24) is 9.55 Å². The van der Waals surface area contributed by atoms with Gasteiger partial charge >= 0.3 is 0 Å². The number of H-pyrrole nitrogens is 1. The molecule has 0 spiro atoms. The molecule has 0 atom stereocenters. The fourth-order valence-electron chi connectivity index (χ4n) is 2.67. The Morgan fingerprint density at radius 1 is 1.22 bits per heavy atom. The molecule has 0 radical (unpaired) electrons. The number of hydrogen-bond acceptors (Lipinski definition) is 2. The summed E-state index contributed by atoms with van der Waals surface area (Å²) in [4.78, 5) is 26.6. The van der Waals surface area contributed by atoms with Crippen LogP contribution < -0.4 is 10.9 Å². The Hall–Kier alpha value is -2.82. The van der Waals surface area contributed by atoms with Crippen LogP contribution in [0.5, 0.6) is 0 Å². The van der Waals surface area contributed by atoms with E-state index >= 15 is 0 Å². The van der Waals surface area contributed by atoms with Gasteiger partial charge in [-0.25, -0.2) is 0 Å². The monoisotopic (exact) mass is 309 g/mol. The van der Waals surface area contributed by atoms with Crippen LogP contribution in [-0.4, -0.2) is 15.5 Å². The number of fused-ring (bicyclic) bond motifs is 1. The van der Waals surface area contributed by atoms with Crippen molar-refractivity contribution >= 4 is 22.5 Å². The molecule has 1 aromatic carbocycles. The van der Waals surface area contributed by atoms with Crippen molar-refractivity contribution in [1.29, 1.82) is 0 Å². The van der Waals surface area contributed by atoms with E-state index in [1.54, 1.807) is 19.3 Å². The van der Waals surface area contributed by atoms with Crippen LogP contribution in [0.4, 0.5) is 5.69 Å². The minimum Gasteiger partial charge on any atom is -0.361 e. The van der Waals surface area contributed by atoms with Gasteiger partial charge in [0.05, 0.1) is 5.69 Å². The van der Waals surface area contributed by atoms with Gasteiger partial charge < -0.3 is 14.9 Å². The van der Waals surface area contributed by atoms with E-state index in [0.29, 0.717) is 12.1 Å². The summed E-state index contributed by atoms with van der Waals surface area (Å²) in [6.07, 6.45) is 5.71. The highest BCUT2D eigenvalue weighted by molar-refractivity contribution is 5.90. The normalized spacial score (nSPS) is 10.8. The molecule has 5 nitrogen and oxygen atoms in total. The lowest BCUT2D eigenvalue weighted by molar-refractivity contribution is -0.116. The Labute approximate surface area is 134 Å². The van der Waals surface area contributed by atoms with Crippen molar-refractivity contribution in [3.05, 3.63) is 64.7 Å². The Bertz CT molecular complexity index is 892. The summed E-state index contributed by atoms with van der Waals surface area (Å²) in [6, 6.07) is 11.2. The highest BCUT2D eigenvalue weighted by Crippen LogP contribution is 2.19. The number of carbonyl (C=O) groups is 1. The zero-order valence-electron chi connectivity index (χ0n) is 13.0. The first-order chi connectivity index (χ1) is 11.1. The average molecular weight is 309 g/mol. The second kappa shape index (κ2) is 6.52. The first-order valence-corrected chi connectivity index (χ1v) is 7.65. The number of nitrogens with one attached hydrogen (secondary N) is 2. The summed E-state index contributed by atoms with van der Waals surface area (Å²) in [6.45, 7) is 0. The molecule has 1 amide bonds. The van der Waals surface area contributed by atoms with Crippen LogP contribution in [0.15, 0.2) is 53.6 Å². The van der Waals surface area contributed by atoms with Crippen LogP contribution in [0.2, 0.25) is 0 Å². The molecule has 0 aliphatic rings. The molecule has 0 fully saturated rings. The van der Waals surface area contributed by atoms with Crippen LogP contribution in [-0.2, 0) is 18.3 Å². The zero-order valence-corrected chi connectivity index (χ0v) is 13.0. The second-order valence-corrected chi connectivity index (χ2v) is 5.63. The molecule has 23 heavy (non-hydrogen) atoms. The quantitative estimate of drug-likeness (QED) is 0.761. The van der Waals surface area contributed by atoms with Crippen LogP contribution in [0.25, 0.3) is 10.9 Å². The van der Waals surface area contributed by atoms with E-state index in [1.165, 1.54) is 21.6 Å². The summed E-state index contributed by atoms with van der Waals surface area (Å²) in [7, 11) is 1.66. The summed E-state index contributed by atoms with van der Waals surface area (Å²) in [5.41, 5.74) is 2.90. The largest absolute Gasteiger partial charge is 0.361 e. The first-order valence-electron chi connectivity index (χ1n) is 7.65. The van der Waals surface area contributed by atoms with Gasteiger partial charge in [-0.05, 0) is 30.5 Å². The molecule has 0 aliphatic heterocycles. The lowest BCUT2D eigenvalue weighted by atomic mass is 10.1. The molecule has 0 saturated carbocycles. The van der Waals surface area contributed by atoms with Crippen molar-refractivity contribution in [2.24, 2.45) is 7.05 Å². The van der Waals surface area contributed by atoms with E-state index in [-0.39, 0.29) is 11.5 Å². The number of carbonyl (C=O) groups excluding carboxylic acids is 1. The zero-order chi connectivity index (χ0) is 16.2. The van der Waals surface area contributed by atoms with Crippen LogP contribution in [0, 0.1) is 0 Å². The predicted octanol–water partition coefficient (Wildman–Crippen LogP) is 2.83. The van der Waals surface area contributed by atoms with Gasteiger partial charge in [-0.15, -0.1) is 0 Å². The number of aromatic amines is 1. The highest BCUT2D eigenvalue weighted by atomic mass is 16.1. The highest BCUT2D eigenvalue weighted by Gasteiger charge is 2.06. The smallest absolute Gasteiger partial charge is 0.250 e. The molecular weight excluding hydrogens is 290 g/mol. The van der Waals surface area contributed by atoms with Crippen LogP contribution >= 0.6 is 0 Å². The van der Waals surface area contributed by atoms with Crippen molar-refractivity contribution in [3.63, 3.8) is 0 Å². The molecule has 3 rings (SSSR count). The van der Waals surface area contributed by atoms with Crippen molar-refractivity contribution in [2.45, 2.75) is 19.3 Å². The first kappa shape index (κ1) is 15.1. The van der Waals surface area contributed by atoms with Crippen LogP contribution in [0.3, 0.4) is 0 Å². The maximum absolute atomic E-state index is 12.0. The Morgan fingerprint density at radius 2 is 2.04 bits per heavy atom. The summed E-state index contributed by atoms with van der Waals surface area (Å²) in [5.74, 6) is -0.0384. The van der Waals surface area contributed by atoms with E-state index in [0.717, 1.165) is 18.4 Å². The number of anilines is 1. The molecule has 5 heteroatoms. The third-order valence-corrected chi connectivity index (χ3v) is 3.89. The van der Waals surface area contributed by atoms with Gasteiger partial charge in [0.2, 0.25) is 11.5 Å². The van der Waals surface area contributed by atoms with Crippen molar-refractivity contribution in [3.8, 4) is 0 Å². The van der Waals surface area contributed by atoms with E-state index in [1.807, 2.05) is 24.4 Å². The average Bonchev–Trinajstić information content (AvgIpc) is 2.94. The summed E-state index contributed by atoms with van der Waals surface area (Å²) >= 11 is 0. The number of para-hydroxylation sites is 1. The van der Waals surface area contributed by atoms with Crippen LogP contribution in [0.1, 0.15) is 18.4 Å². The maximum Gasteiger partial charge on any atom is 0.250 e. The molecule has 0 saturated heterocycles. The fourth-order valence-corrected chi connectivity index (χ4v) is 2.67. The van der Waals surface area contributed by atoms with E-state index in [9.17, 15) is 9.59 Å². The van der Waals surface area contributed by atoms with Gasteiger partial charge in [0, 0.05) is 42.8 Å². The SMILES string of the molecule is Cn1cc(NC(=O)CCCc2c[nH]c3ccccc23)ccc1=O. The van der Waals surface area contributed by atoms with Gasteiger partial charge in [0.1, 0.15) is 0 Å². The number of aryl methyl sites for hydroxylation is 2. The molecule has 118 valence electrons. The molecule has 2 heterocycles. The second-order valence-electron chi connectivity index (χ2n) is 5.63. The minimum atomic E-state index is -0.0951. The summed E-state index contributed by atoms with van der Waals surface area (Å²) < 4.78 is 1.45. The molecular formula is C18H19N3O2. The van der Waals surface area contributed by atoms with E-state index in [4.69, 9.17) is 0 Å². The fraction of sp³-hybridized carbons (Fsp3) is 0.222. The lowest BCUT2D eigenvalue weighted by Crippen LogP contribution is -2.17. The molecule has 2 aromatic heterocycles. The molecule has 0 unspecified atom stereocenters. The van der Waals surface area contributed by atoms with Gasteiger partial charge in [0.25, 0.3) is 0 Å². The number of nitrogens with zero attached hydrogens (tertiary/aromatic N) is 1. The molecule has 0 bridgehead atoms. The molecule has 2 N–H and O–H groups in total. The number of aromatic nitrogens is 2. The minimum absolute atomic E-state index is 0.0384. The number of hydrogen-bond donors (Lipinski definition) is 2. The standard InChI is InChI=1S/C18H19N3O2/c1-21-12-14(9-10-18(21)23)20-17(22)8-4-5-13-11-19-16-7-3-2-6-15(13)16/h2-3,6-7,9-12,19H,4-5,8H2,1H3,(H,20,22). The third-order valence-electron chi connectivity index (χ3n) is 3.89.